The highest BCUT2D eigenvalue weighted by molar-refractivity contribution is 5.94. The molecular formula is C34H47N3O6. The van der Waals surface area contributed by atoms with Gasteiger partial charge >= 0.3 is 0 Å². The standard InChI is InChI=1S/C34H47N3O6/c1-24(2)9-6-10-25(3)11-14-27-21-29-30(23-34(27,4)5)36(18-8-19-38)32(39)22-31(29)43-20-7-17-35-33(40)26-12-15-28(16-13-26)37(41)42/h9,11-13,15-16,22,27,38H,6-8,10,14,17-21,23H2,1-5H3,(H,35,40)/b25-11+. The largest absolute Gasteiger partial charge is 0.493 e. The first-order valence-corrected chi connectivity index (χ1v) is 15.2. The summed E-state index contributed by atoms with van der Waals surface area (Å²) in [4.78, 5) is 35.9. The second-order valence-electron chi connectivity index (χ2n) is 12.4. The van der Waals surface area contributed by atoms with Crippen molar-refractivity contribution >= 4 is 11.6 Å². The second kappa shape index (κ2) is 15.7. The van der Waals surface area contributed by atoms with Gasteiger partial charge in [-0.15, -0.1) is 0 Å². The number of hydrogen-bond donors (Lipinski definition) is 2. The Labute approximate surface area is 254 Å². The molecule has 0 saturated heterocycles. The first kappa shape index (κ1) is 33.8. The lowest BCUT2D eigenvalue weighted by atomic mass is 9.66. The zero-order valence-corrected chi connectivity index (χ0v) is 26.3. The van der Waals surface area contributed by atoms with Crippen LogP contribution in [0.3, 0.4) is 0 Å². The molecular weight excluding hydrogens is 546 g/mol. The Morgan fingerprint density at radius 2 is 1.91 bits per heavy atom. The van der Waals surface area contributed by atoms with Crippen LogP contribution in [0.2, 0.25) is 0 Å². The lowest BCUT2D eigenvalue weighted by Gasteiger charge is -2.41. The third-order valence-corrected chi connectivity index (χ3v) is 8.26. The maximum Gasteiger partial charge on any atom is 0.269 e. The summed E-state index contributed by atoms with van der Waals surface area (Å²) in [7, 11) is 0. The number of nitrogens with one attached hydrogen (secondary N) is 1. The Kier molecular flexibility index (Phi) is 12.3. The molecule has 2 N–H and O–H groups in total. The lowest BCUT2D eigenvalue weighted by molar-refractivity contribution is -0.384. The van der Waals surface area contributed by atoms with Crippen molar-refractivity contribution in [3.8, 4) is 5.75 Å². The maximum atomic E-state index is 13.2. The molecule has 0 radical (unpaired) electrons. The van der Waals surface area contributed by atoms with Gasteiger partial charge in [-0.3, -0.25) is 19.7 Å². The Bertz CT molecular complexity index is 1380. The number of nitro benzene ring substituents is 1. The predicted octanol–water partition coefficient (Wildman–Crippen LogP) is 6.16. The molecule has 9 nitrogen and oxygen atoms in total. The molecule has 2 aromatic rings. The zero-order chi connectivity index (χ0) is 31.6. The molecule has 1 aliphatic carbocycles. The summed E-state index contributed by atoms with van der Waals surface area (Å²) in [5, 5.41) is 23.1. The van der Waals surface area contributed by atoms with Crippen LogP contribution in [0.25, 0.3) is 0 Å². The molecule has 9 heteroatoms. The summed E-state index contributed by atoms with van der Waals surface area (Å²) < 4.78 is 7.99. The number of pyridine rings is 1. The highest BCUT2D eigenvalue weighted by Crippen LogP contribution is 2.44. The molecule has 1 atom stereocenters. The van der Waals surface area contributed by atoms with E-state index in [1.807, 2.05) is 0 Å². The molecule has 234 valence electrons. The van der Waals surface area contributed by atoms with Gasteiger partial charge in [-0.05, 0) is 89.2 Å². The number of aliphatic hydroxyl groups is 1. The zero-order valence-electron chi connectivity index (χ0n) is 26.3. The van der Waals surface area contributed by atoms with Crippen molar-refractivity contribution in [1.29, 1.82) is 0 Å². The molecule has 3 rings (SSSR count). The molecule has 0 fully saturated rings. The van der Waals surface area contributed by atoms with Crippen LogP contribution in [-0.2, 0) is 19.4 Å². The van der Waals surface area contributed by atoms with E-state index in [0.29, 0.717) is 49.8 Å². The van der Waals surface area contributed by atoms with Crippen molar-refractivity contribution in [2.75, 3.05) is 19.8 Å². The molecule has 0 saturated carbocycles. The Balaban J connectivity index is 1.70. The number of carbonyl (C=O) groups excluding carboxylic acids is 1. The van der Waals surface area contributed by atoms with Crippen LogP contribution in [-0.4, -0.2) is 40.3 Å². The van der Waals surface area contributed by atoms with E-state index >= 15 is 0 Å². The smallest absolute Gasteiger partial charge is 0.269 e. The molecule has 0 aliphatic heterocycles. The van der Waals surface area contributed by atoms with Crippen LogP contribution in [0.5, 0.6) is 5.75 Å². The third-order valence-electron chi connectivity index (χ3n) is 8.26. The molecule has 43 heavy (non-hydrogen) atoms. The van der Waals surface area contributed by atoms with Gasteiger partial charge in [-0.1, -0.05) is 37.1 Å². The number of hydrogen-bond acceptors (Lipinski definition) is 6. The van der Waals surface area contributed by atoms with Crippen LogP contribution >= 0.6 is 0 Å². The predicted molar refractivity (Wildman–Crippen MR) is 170 cm³/mol. The van der Waals surface area contributed by atoms with Gasteiger partial charge in [0.25, 0.3) is 17.2 Å². The third kappa shape index (κ3) is 9.64. The lowest BCUT2D eigenvalue weighted by Crippen LogP contribution is -2.38. The number of aliphatic hydroxyl groups excluding tert-OH is 1. The van der Waals surface area contributed by atoms with Gasteiger partial charge in [0.15, 0.2) is 0 Å². The van der Waals surface area contributed by atoms with Crippen LogP contribution in [0.15, 0.2) is 58.4 Å². The van der Waals surface area contributed by atoms with E-state index < -0.39 is 4.92 Å². The number of benzene rings is 1. The summed E-state index contributed by atoms with van der Waals surface area (Å²) >= 11 is 0. The van der Waals surface area contributed by atoms with Gasteiger partial charge in [0.1, 0.15) is 5.75 Å². The number of carbonyl (C=O) groups is 1. The number of allylic oxidation sites excluding steroid dienone is 4. The number of ether oxygens (including phenoxy) is 1. The first-order valence-electron chi connectivity index (χ1n) is 15.2. The average molecular weight is 594 g/mol. The minimum atomic E-state index is -0.503. The van der Waals surface area contributed by atoms with Crippen molar-refractivity contribution < 1.29 is 19.6 Å². The Morgan fingerprint density at radius 1 is 1.19 bits per heavy atom. The van der Waals surface area contributed by atoms with E-state index in [-0.39, 0.29) is 29.2 Å². The summed E-state index contributed by atoms with van der Waals surface area (Å²) in [6.07, 6.45) is 10.3. The average Bonchev–Trinajstić information content (AvgIpc) is 2.95. The summed E-state index contributed by atoms with van der Waals surface area (Å²) in [6.45, 7) is 12.2. The van der Waals surface area contributed by atoms with Gasteiger partial charge in [0.05, 0.1) is 11.5 Å². The summed E-state index contributed by atoms with van der Waals surface area (Å²) in [5.74, 6) is 0.672. The van der Waals surface area contributed by atoms with Crippen molar-refractivity contribution in [3.63, 3.8) is 0 Å². The Hall–Kier alpha value is -3.72. The van der Waals surface area contributed by atoms with Gasteiger partial charge in [-0.2, -0.15) is 0 Å². The maximum absolute atomic E-state index is 13.2. The number of rotatable bonds is 15. The van der Waals surface area contributed by atoms with Gasteiger partial charge in [0.2, 0.25) is 0 Å². The van der Waals surface area contributed by atoms with Crippen molar-refractivity contribution in [1.82, 2.24) is 9.88 Å². The number of nitro groups is 1. The Morgan fingerprint density at radius 3 is 2.56 bits per heavy atom. The molecule has 0 spiro atoms. The van der Waals surface area contributed by atoms with Crippen LogP contribution in [0.4, 0.5) is 5.69 Å². The van der Waals surface area contributed by atoms with Crippen molar-refractivity contribution in [2.24, 2.45) is 11.3 Å². The quantitative estimate of drug-likeness (QED) is 0.110. The van der Waals surface area contributed by atoms with Crippen LogP contribution < -0.4 is 15.6 Å². The van der Waals surface area contributed by atoms with E-state index in [1.54, 1.807) is 10.6 Å². The van der Waals surface area contributed by atoms with Crippen LogP contribution in [0.1, 0.15) is 88.3 Å². The first-order chi connectivity index (χ1) is 20.4. The monoisotopic (exact) mass is 593 g/mol. The highest BCUT2D eigenvalue weighted by atomic mass is 16.6. The van der Waals surface area contributed by atoms with Crippen molar-refractivity contribution in [2.45, 2.75) is 86.1 Å². The van der Waals surface area contributed by atoms with E-state index in [1.165, 1.54) is 35.4 Å². The molecule has 1 amide bonds. The molecule has 1 unspecified atom stereocenters. The summed E-state index contributed by atoms with van der Waals surface area (Å²) in [5.41, 5.74) is 4.92. The number of nitrogens with zero attached hydrogens (tertiary/aromatic N) is 2. The SMILES string of the molecule is CC(C)=CCC/C(C)=C/CC1Cc2c(OCCCNC(=O)c3ccc([N+](=O)[O-])cc3)cc(=O)n(CCCO)c2CC1(C)C. The molecule has 1 aromatic carbocycles. The fraction of sp³-hybridized carbons (Fsp3) is 0.529. The molecule has 0 bridgehead atoms. The van der Waals surface area contributed by atoms with E-state index in [2.05, 4.69) is 52.1 Å². The number of non-ortho nitro benzene ring substituents is 1. The number of fused-ring (bicyclic) bond motifs is 1. The van der Waals surface area contributed by atoms with Gasteiger partial charge < -0.3 is 19.7 Å². The second-order valence-corrected chi connectivity index (χ2v) is 12.4. The fourth-order valence-corrected chi connectivity index (χ4v) is 5.57. The van der Waals surface area contributed by atoms with Crippen LogP contribution in [0, 0.1) is 21.4 Å². The minimum absolute atomic E-state index is 0.0160. The van der Waals surface area contributed by atoms with E-state index in [4.69, 9.17) is 4.74 Å². The minimum Gasteiger partial charge on any atom is -0.493 e. The topological polar surface area (TPSA) is 124 Å². The van der Waals surface area contributed by atoms with E-state index in [0.717, 1.165) is 43.4 Å². The molecule has 1 aliphatic rings. The molecule has 1 aromatic heterocycles. The highest BCUT2D eigenvalue weighted by Gasteiger charge is 2.37. The van der Waals surface area contributed by atoms with Crippen molar-refractivity contribution in [3.05, 3.63) is 90.9 Å². The van der Waals surface area contributed by atoms with Gasteiger partial charge in [-0.25, -0.2) is 0 Å². The number of aromatic nitrogens is 1. The number of amides is 1. The van der Waals surface area contributed by atoms with Gasteiger partial charge in [0, 0.05) is 54.7 Å². The normalized spacial score (nSPS) is 15.9. The van der Waals surface area contributed by atoms with E-state index in [9.17, 15) is 24.8 Å². The fourth-order valence-electron chi connectivity index (χ4n) is 5.57. The summed E-state index contributed by atoms with van der Waals surface area (Å²) in [6, 6.07) is 7.04. The molecule has 1 heterocycles.